The summed E-state index contributed by atoms with van der Waals surface area (Å²) in [5.74, 6) is 0.118. The third-order valence-corrected chi connectivity index (χ3v) is 6.34. The van der Waals surface area contributed by atoms with E-state index in [-0.39, 0.29) is 17.8 Å². The molecule has 3 saturated heterocycles. The molecule has 4 nitrogen and oxygen atoms in total. The van der Waals surface area contributed by atoms with Crippen molar-refractivity contribution in [3.63, 3.8) is 0 Å². The van der Waals surface area contributed by atoms with Crippen LogP contribution in [0, 0.1) is 11.7 Å². The monoisotopic (exact) mass is 345 g/mol. The number of fused-ring (bicyclic) bond motifs is 3. The first kappa shape index (κ1) is 15.7. The number of hydrogen-bond donors (Lipinski definition) is 1. The molecule has 0 spiro atoms. The molecule has 126 valence electrons. The fourth-order valence-electron chi connectivity index (χ4n) is 3.92. The minimum atomic E-state index is -0.292. The lowest BCUT2D eigenvalue weighted by Gasteiger charge is -2.49. The second kappa shape index (κ2) is 6.26. The van der Waals surface area contributed by atoms with Crippen LogP contribution in [0.15, 0.2) is 30.5 Å². The molecule has 0 saturated carbocycles. The van der Waals surface area contributed by atoms with Gasteiger partial charge in [0.05, 0.1) is 4.88 Å². The van der Waals surface area contributed by atoms with Gasteiger partial charge in [-0.2, -0.15) is 0 Å². The number of hydrogen-bond acceptors (Lipinski definition) is 4. The van der Waals surface area contributed by atoms with Crippen molar-refractivity contribution < 1.29 is 9.18 Å². The van der Waals surface area contributed by atoms with Crippen LogP contribution >= 0.6 is 11.3 Å². The Balaban J connectivity index is 1.51. The average Bonchev–Trinajstić information content (AvgIpc) is 3.09. The van der Waals surface area contributed by atoms with Gasteiger partial charge < -0.3 is 5.32 Å². The molecule has 4 heterocycles. The molecule has 24 heavy (non-hydrogen) atoms. The van der Waals surface area contributed by atoms with E-state index < -0.39 is 0 Å². The van der Waals surface area contributed by atoms with Crippen molar-refractivity contribution in [3.05, 3.63) is 41.3 Å². The molecule has 0 radical (unpaired) electrons. The highest BCUT2D eigenvalue weighted by atomic mass is 32.1. The number of amides is 1. The quantitative estimate of drug-likeness (QED) is 0.929. The van der Waals surface area contributed by atoms with Crippen molar-refractivity contribution in [2.75, 3.05) is 13.1 Å². The van der Waals surface area contributed by atoms with E-state index in [1.54, 1.807) is 24.4 Å². The molecule has 2 aromatic rings. The lowest BCUT2D eigenvalue weighted by Crippen LogP contribution is -2.62. The van der Waals surface area contributed by atoms with E-state index >= 15 is 0 Å². The molecule has 3 fully saturated rings. The minimum absolute atomic E-state index is 0.145. The maximum absolute atomic E-state index is 13.9. The maximum atomic E-state index is 13.9. The van der Waals surface area contributed by atoms with E-state index in [9.17, 15) is 9.18 Å². The number of carbonyl (C=O) groups is 1. The molecular weight excluding hydrogens is 325 g/mol. The molecule has 6 heteroatoms. The van der Waals surface area contributed by atoms with Crippen LogP contribution in [0.4, 0.5) is 4.39 Å². The summed E-state index contributed by atoms with van der Waals surface area (Å²) in [7, 11) is 0. The Labute approximate surface area is 144 Å². The lowest BCUT2D eigenvalue weighted by molar-refractivity contribution is 0.0217. The number of benzene rings is 1. The third-order valence-electron chi connectivity index (χ3n) is 5.31. The second-order valence-corrected chi connectivity index (χ2v) is 7.65. The Morgan fingerprint density at radius 2 is 2.08 bits per heavy atom. The zero-order valence-electron chi connectivity index (χ0n) is 13.5. The summed E-state index contributed by atoms with van der Waals surface area (Å²) in [4.78, 5) is 19.9. The standard InChI is InChI=1S/C18H20FN3OS/c1-11-16(12-6-8-22(11)9-7-12)21-17(23)18-20-10-15(24-18)13-4-2-3-5-14(13)19/h2-5,10-12,16H,6-9H2,1H3,(H,21,23)/t11-,16+/m1/s1. The summed E-state index contributed by atoms with van der Waals surface area (Å²) in [6.07, 6.45) is 3.87. The SMILES string of the molecule is C[C@@H]1[C@H](NC(=O)c2ncc(-c3ccccc3F)s2)C2CCN1CC2. The average molecular weight is 345 g/mol. The molecule has 2 bridgehead atoms. The highest BCUT2D eigenvalue weighted by molar-refractivity contribution is 7.17. The summed E-state index contributed by atoms with van der Waals surface area (Å²) >= 11 is 1.24. The predicted octanol–water partition coefficient (Wildman–Crippen LogP) is 3.16. The van der Waals surface area contributed by atoms with E-state index in [0.717, 1.165) is 25.9 Å². The third kappa shape index (κ3) is 2.74. The number of halogens is 1. The summed E-state index contributed by atoms with van der Waals surface area (Å²) in [6.45, 7) is 4.45. The number of thiazole rings is 1. The molecular formula is C18H20FN3OS. The van der Waals surface area contributed by atoms with Gasteiger partial charge in [-0.3, -0.25) is 9.69 Å². The van der Waals surface area contributed by atoms with Crippen LogP contribution in [0.1, 0.15) is 29.6 Å². The van der Waals surface area contributed by atoms with Gasteiger partial charge in [-0.15, -0.1) is 11.3 Å². The first-order valence-electron chi connectivity index (χ1n) is 8.39. The first-order chi connectivity index (χ1) is 11.6. The van der Waals surface area contributed by atoms with Crippen molar-refractivity contribution >= 4 is 17.2 Å². The number of rotatable bonds is 3. The maximum Gasteiger partial charge on any atom is 0.280 e. The number of nitrogens with one attached hydrogen (secondary N) is 1. The normalized spacial score (nSPS) is 28.8. The summed E-state index contributed by atoms with van der Waals surface area (Å²) in [5.41, 5.74) is 0.491. The minimum Gasteiger partial charge on any atom is -0.345 e. The Bertz CT molecular complexity index is 752. The number of piperidine rings is 3. The molecule has 1 N–H and O–H groups in total. The summed E-state index contributed by atoms with van der Waals surface area (Å²) < 4.78 is 13.9. The summed E-state index contributed by atoms with van der Waals surface area (Å²) in [6, 6.07) is 7.12. The summed E-state index contributed by atoms with van der Waals surface area (Å²) in [5, 5.41) is 3.57. The number of carbonyl (C=O) groups excluding carboxylic acids is 1. The highest BCUT2D eigenvalue weighted by Gasteiger charge is 2.40. The molecule has 5 rings (SSSR count). The van der Waals surface area contributed by atoms with Crippen LogP contribution in [-0.4, -0.2) is 41.0 Å². The van der Waals surface area contributed by atoms with Gasteiger partial charge in [0.25, 0.3) is 5.91 Å². The van der Waals surface area contributed by atoms with Gasteiger partial charge in [-0.05, 0) is 44.8 Å². The van der Waals surface area contributed by atoms with Gasteiger partial charge in [0.15, 0.2) is 5.01 Å². The predicted molar refractivity (Wildman–Crippen MR) is 92.5 cm³/mol. The zero-order valence-corrected chi connectivity index (χ0v) is 14.4. The van der Waals surface area contributed by atoms with Crippen LogP contribution in [0.2, 0.25) is 0 Å². The van der Waals surface area contributed by atoms with Gasteiger partial charge in [0.1, 0.15) is 5.82 Å². The number of aromatic nitrogens is 1. The van der Waals surface area contributed by atoms with Crippen LogP contribution in [0.25, 0.3) is 10.4 Å². The molecule has 0 unspecified atom stereocenters. The Morgan fingerprint density at radius 3 is 2.79 bits per heavy atom. The highest BCUT2D eigenvalue weighted by Crippen LogP contribution is 2.33. The molecule has 2 atom stereocenters. The topological polar surface area (TPSA) is 45.2 Å². The second-order valence-electron chi connectivity index (χ2n) is 6.62. The van der Waals surface area contributed by atoms with Crippen LogP contribution in [0.5, 0.6) is 0 Å². The Hall–Kier alpha value is -1.79. The Morgan fingerprint density at radius 1 is 1.33 bits per heavy atom. The van der Waals surface area contributed by atoms with E-state index in [1.165, 1.54) is 17.4 Å². The van der Waals surface area contributed by atoms with Crippen molar-refractivity contribution in [3.8, 4) is 10.4 Å². The largest absolute Gasteiger partial charge is 0.345 e. The van der Waals surface area contributed by atoms with E-state index in [0.29, 0.717) is 27.4 Å². The number of nitrogens with zero attached hydrogens (tertiary/aromatic N) is 2. The Kier molecular flexibility index (Phi) is 4.10. The van der Waals surface area contributed by atoms with Gasteiger partial charge in [0.2, 0.25) is 0 Å². The van der Waals surface area contributed by atoms with Crippen molar-refractivity contribution in [1.82, 2.24) is 15.2 Å². The molecule has 3 aliphatic rings. The van der Waals surface area contributed by atoms with E-state index in [4.69, 9.17) is 0 Å². The van der Waals surface area contributed by atoms with Gasteiger partial charge in [-0.25, -0.2) is 9.37 Å². The molecule has 0 aliphatic carbocycles. The van der Waals surface area contributed by atoms with E-state index in [2.05, 4.69) is 22.1 Å². The van der Waals surface area contributed by atoms with Crippen LogP contribution < -0.4 is 5.32 Å². The fourth-order valence-corrected chi connectivity index (χ4v) is 4.77. The van der Waals surface area contributed by atoms with Gasteiger partial charge in [0, 0.05) is 23.8 Å². The smallest absolute Gasteiger partial charge is 0.280 e. The lowest BCUT2D eigenvalue weighted by atomic mass is 9.79. The zero-order chi connectivity index (χ0) is 16.7. The van der Waals surface area contributed by atoms with Gasteiger partial charge >= 0.3 is 0 Å². The molecule has 1 aromatic heterocycles. The molecule has 3 aliphatic heterocycles. The van der Waals surface area contributed by atoms with Crippen LogP contribution in [-0.2, 0) is 0 Å². The van der Waals surface area contributed by atoms with Crippen molar-refractivity contribution in [2.24, 2.45) is 5.92 Å². The van der Waals surface area contributed by atoms with Crippen LogP contribution in [0.3, 0.4) is 0 Å². The fraction of sp³-hybridized carbons (Fsp3) is 0.444. The van der Waals surface area contributed by atoms with Crippen molar-refractivity contribution in [2.45, 2.75) is 31.8 Å². The molecule has 1 amide bonds. The van der Waals surface area contributed by atoms with E-state index in [1.807, 2.05) is 0 Å². The molecule has 1 aromatic carbocycles. The van der Waals surface area contributed by atoms with Crippen molar-refractivity contribution in [1.29, 1.82) is 0 Å². The van der Waals surface area contributed by atoms with Gasteiger partial charge in [-0.1, -0.05) is 18.2 Å². The first-order valence-corrected chi connectivity index (χ1v) is 9.21.